The third kappa shape index (κ3) is 1.95. The second-order valence-electron chi connectivity index (χ2n) is 4.03. The minimum atomic E-state index is -0.285. The van der Waals surface area contributed by atoms with E-state index >= 15 is 0 Å². The van der Waals surface area contributed by atoms with E-state index in [1.807, 2.05) is 4.57 Å². The van der Waals surface area contributed by atoms with Crippen molar-refractivity contribution in [1.82, 2.24) is 9.55 Å². The molecular weight excluding hydrogens is 206 g/mol. The van der Waals surface area contributed by atoms with Gasteiger partial charge in [0.15, 0.2) is 0 Å². The molecule has 2 heterocycles. The lowest BCUT2D eigenvalue weighted by molar-refractivity contribution is 0.0512. The molecule has 1 atom stereocenters. The first-order valence-electron chi connectivity index (χ1n) is 5.67. The summed E-state index contributed by atoms with van der Waals surface area (Å²) in [6.07, 6.45) is 3.47. The molecule has 5 heteroatoms. The van der Waals surface area contributed by atoms with Crippen LogP contribution in [0, 0.1) is 5.92 Å². The van der Waals surface area contributed by atoms with Crippen LogP contribution in [0.25, 0.3) is 0 Å². The Morgan fingerprint density at radius 2 is 2.56 bits per heavy atom. The Kier molecular flexibility index (Phi) is 3.24. The molecule has 0 bridgehead atoms. The molecule has 1 aliphatic rings. The van der Waals surface area contributed by atoms with Crippen LogP contribution in [0.5, 0.6) is 0 Å². The maximum Gasteiger partial charge on any atom is 0.356 e. The molecule has 0 radical (unpaired) electrons. The summed E-state index contributed by atoms with van der Waals surface area (Å²) >= 11 is 0. The number of fused-ring (bicyclic) bond motifs is 1. The van der Waals surface area contributed by atoms with Crippen LogP contribution in [-0.2, 0) is 17.7 Å². The topological polar surface area (TPSA) is 70.1 Å². The molecule has 5 nitrogen and oxygen atoms in total. The van der Waals surface area contributed by atoms with Gasteiger partial charge < -0.3 is 15.0 Å². The Morgan fingerprint density at radius 1 is 1.75 bits per heavy atom. The van der Waals surface area contributed by atoms with Crippen molar-refractivity contribution in [2.45, 2.75) is 26.3 Å². The minimum Gasteiger partial charge on any atom is -0.461 e. The van der Waals surface area contributed by atoms with E-state index in [0.717, 1.165) is 25.2 Å². The van der Waals surface area contributed by atoms with Crippen molar-refractivity contribution in [2.24, 2.45) is 11.7 Å². The highest BCUT2D eigenvalue weighted by Gasteiger charge is 2.23. The van der Waals surface area contributed by atoms with Crippen LogP contribution in [0.1, 0.15) is 29.7 Å². The van der Waals surface area contributed by atoms with Gasteiger partial charge in [0.25, 0.3) is 0 Å². The molecule has 0 saturated carbocycles. The fourth-order valence-electron chi connectivity index (χ4n) is 2.07. The number of ether oxygens (including phenoxy) is 1. The Morgan fingerprint density at radius 3 is 3.25 bits per heavy atom. The quantitative estimate of drug-likeness (QED) is 0.761. The summed E-state index contributed by atoms with van der Waals surface area (Å²) in [6, 6.07) is 0. The Balaban J connectivity index is 2.19. The van der Waals surface area contributed by atoms with Crippen molar-refractivity contribution in [2.75, 3.05) is 13.2 Å². The molecule has 2 N–H and O–H groups in total. The predicted octanol–water partition coefficient (Wildman–Crippen LogP) is 0.581. The first-order chi connectivity index (χ1) is 7.76. The summed E-state index contributed by atoms with van der Waals surface area (Å²) in [6.45, 7) is 3.69. The summed E-state index contributed by atoms with van der Waals surface area (Å²) in [5.74, 6) is 1.15. The zero-order valence-corrected chi connectivity index (χ0v) is 9.48. The largest absolute Gasteiger partial charge is 0.461 e. The lowest BCUT2D eigenvalue weighted by Crippen LogP contribution is -2.27. The van der Waals surface area contributed by atoms with Crippen LogP contribution in [0.2, 0.25) is 0 Å². The van der Waals surface area contributed by atoms with Gasteiger partial charge in [-0.25, -0.2) is 9.78 Å². The number of carbonyl (C=O) groups excluding carboxylic acids is 1. The summed E-state index contributed by atoms with van der Waals surface area (Å²) in [5.41, 5.74) is 6.21. The second-order valence-corrected chi connectivity index (χ2v) is 4.03. The number of rotatable bonds is 3. The average molecular weight is 223 g/mol. The molecule has 0 saturated heterocycles. The SMILES string of the molecule is CCOC(=O)c1cnc2n1CCC(CN)C2. The summed E-state index contributed by atoms with van der Waals surface area (Å²) in [5, 5.41) is 0. The van der Waals surface area contributed by atoms with Crippen LogP contribution in [0.3, 0.4) is 0 Å². The van der Waals surface area contributed by atoms with Crippen molar-refractivity contribution in [3.05, 3.63) is 17.7 Å². The molecule has 1 aromatic heterocycles. The fourth-order valence-corrected chi connectivity index (χ4v) is 2.07. The second kappa shape index (κ2) is 4.65. The van der Waals surface area contributed by atoms with Crippen LogP contribution >= 0.6 is 0 Å². The van der Waals surface area contributed by atoms with Gasteiger partial charge >= 0.3 is 5.97 Å². The summed E-state index contributed by atoms with van der Waals surface area (Å²) < 4.78 is 6.93. The van der Waals surface area contributed by atoms with Crippen LogP contribution < -0.4 is 5.73 Å². The third-order valence-electron chi connectivity index (χ3n) is 2.99. The summed E-state index contributed by atoms with van der Waals surface area (Å²) in [7, 11) is 0. The first-order valence-corrected chi connectivity index (χ1v) is 5.67. The summed E-state index contributed by atoms with van der Waals surface area (Å²) in [4.78, 5) is 15.9. The van der Waals surface area contributed by atoms with Crippen LogP contribution in [0.15, 0.2) is 6.20 Å². The van der Waals surface area contributed by atoms with E-state index in [-0.39, 0.29) is 5.97 Å². The normalized spacial score (nSPS) is 19.2. The highest BCUT2D eigenvalue weighted by molar-refractivity contribution is 5.87. The van der Waals surface area contributed by atoms with E-state index in [1.165, 1.54) is 0 Å². The Labute approximate surface area is 94.6 Å². The van der Waals surface area contributed by atoms with E-state index < -0.39 is 0 Å². The number of hydrogen-bond donors (Lipinski definition) is 1. The number of esters is 1. The molecule has 0 aromatic carbocycles. The van der Waals surface area contributed by atoms with E-state index in [2.05, 4.69) is 4.98 Å². The van der Waals surface area contributed by atoms with Gasteiger partial charge in [0.1, 0.15) is 11.5 Å². The molecule has 1 aliphatic heterocycles. The number of hydrogen-bond acceptors (Lipinski definition) is 4. The predicted molar refractivity (Wildman–Crippen MR) is 59.0 cm³/mol. The van der Waals surface area contributed by atoms with Crippen LogP contribution in [0.4, 0.5) is 0 Å². The molecule has 1 unspecified atom stereocenters. The third-order valence-corrected chi connectivity index (χ3v) is 2.99. The number of imidazole rings is 1. The van der Waals surface area contributed by atoms with Gasteiger partial charge in [-0.3, -0.25) is 0 Å². The number of nitrogens with zero attached hydrogens (tertiary/aromatic N) is 2. The highest BCUT2D eigenvalue weighted by atomic mass is 16.5. The van der Waals surface area contributed by atoms with Crippen molar-refractivity contribution < 1.29 is 9.53 Å². The van der Waals surface area contributed by atoms with Crippen molar-refractivity contribution in [1.29, 1.82) is 0 Å². The van der Waals surface area contributed by atoms with E-state index in [1.54, 1.807) is 13.1 Å². The molecule has 0 aliphatic carbocycles. The maximum absolute atomic E-state index is 11.6. The van der Waals surface area contributed by atoms with Gasteiger partial charge in [-0.1, -0.05) is 0 Å². The lowest BCUT2D eigenvalue weighted by atomic mass is 9.98. The zero-order chi connectivity index (χ0) is 11.5. The van der Waals surface area contributed by atoms with Gasteiger partial charge in [0.2, 0.25) is 0 Å². The molecule has 0 fully saturated rings. The number of nitrogens with two attached hydrogens (primary N) is 1. The Hall–Kier alpha value is -1.36. The minimum absolute atomic E-state index is 0.285. The van der Waals surface area contributed by atoms with Crippen LogP contribution in [-0.4, -0.2) is 28.7 Å². The van der Waals surface area contributed by atoms with Gasteiger partial charge in [-0.15, -0.1) is 0 Å². The van der Waals surface area contributed by atoms with Gasteiger partial charge in [-0.2, -0.15) is 0 Å². The Bertz CT molecular complexity index is 387. The molecule has 16 heavy (non-hydrogen) atoms. The molecule has 2 rings (SSSR count). The molecule has 0 spiro atoms. The maximum atomic E-state index is 11.6. The first kappa shape index (κ1) is 11.1. The molecule has 1 aromatic rings. The van der Waals surface area contributed by atoms with E-state index in [0.29, 0.717) is 24.8 Å². The molecular formula is C11H17N3O2. The monoisotopic (exact) mass is 223 g/mol. The van der Waals surface area contributed by atoms with Gasteiger partial charge in [-0.05, 0) is 25.8 Å². The van der Waals surface area contributed by atoms with E-state index in [4.69, 9.17) is 10.5 Å². The van der Waals surface area contributed by atoms with Gasteiger partial charge in [0.05, 0.1) is 12.8 Å². The zero-order valence-electron chi connectivity index (χ0n) is 9.48. The average Bonchev–Trinajstić information content (AvgIpc) is 2.71. The van der Waals surface area contributed by atoms with E-state index in [9.17, 15) is 4.79 Å². The fraction of sp³-hybridized carbons (Fsp3) is 0.636. The number of aromatic nitrogens is 2. The lowest BCUT2D eigenvalue weighted by Gasteiger charge is -2.22. The van der Waals surface area contributed by atoms with Crippen molar-refractivity contribution >= 4 is 5.97 Å². The van der Waals surface area contributed by atoms with Crippen molar-refractivity contribution in [3.8, 4) is 0 Å². The van der Waals surface area contributed by atoms with Gasteiger partial charge in [0, 0.05) is 13.0 Å². The smallest absolute Gasteiger partial charge is 0.356 e. The standard InChI is InChI=1S/C11H17N3O2/c1-2-16-11(15)9-7-13-10-5-8(6-12)3-4-14(9)10/h7-8H,2-6,12H2,1H3. The van der Waals surface area contributed by atoms with Crippen molar-refractivity contribution in [3.63, 3.8) is 0 Å². The number of carbonyl (C=O) groups is 1. The molecule has 0 amide bonds. The molecule has 88 valence electrons. The highest BCUT2D eigenvalue weighted by Crippen LogP contribution is 2.20.